The van der Waals surface area contributed by atoms with E-state index in [2.05, 4.69) is 15.4 Å². The molecule has 2 aliphatic carbocycles. The number of hydrogen-bond acceptors (Lipinski definition) is 4. The van der Waals surface area contributed by atoms with Gasteiger partial charge in [0, 0.05) is 18.6 Å². The third-order valence-electron chi connectivity index (χ3n) is 5.74. The van der Waals surface area contributed by atoms with E-state index < -0.39 is 10.0 Å². The smallest absolute Gasteiger partial charge is 0.237 e. The summed E-state index contributed by atoms with van der Waals surface area (Å²) in [5, 5.41) is 6.55. The van der Waals surface area contributed by atoms with Gasteiger partial charge >= 0.3 is 0 Å². The standard InChI is InChI=1S/C16H29N3O3S/c1-23(21,22)19-14-8-4-6-12(14)10-17-16(20)15-9-11-5-2-3-7-13(11)18-15/h11-15,18-19H,2-10H2,1H3,(H,17,20). The van der Waals surface area contributed by atoms with Crippen LogP contribution in [0.25, 0.3) is 0 Å². The Morgan fingerprint density at radius 2 is 1.91 bits per heavy atom. The van der Waals surface area contributed by atoms with Gasteiger partial charge < -0.3 is 10.6 Å². The summed E-state index contributed by atoms with van der Waals surface area (Å²) in [7, 11) is -3.18. The number of nitrogens with one attached hydrogen (secondary N) is 3. The summed E-state index contributed by atoms with van der Waals surface area (Å²) >= 11 is 0. The van der Waals surface area contributed by atoms with Gasteiger partial charge in [0.2, 0.25) is 15.9 Å². The Labute approximate surface area is 139 Å². The lowest BCUT2D eigenvalue weighted by molar-refractivity contribution is -0.123. The first-order valence-corrected chi connectivity index (χ1v) is 10.8. The Morgan fingerprint density at radius 1 is 1.13 bits per heavy atom. The number of carbonyl (C=O) groups is 1. The zero-order chi connectivity index (χ0) is 16.4. The molecule has 2 saturated carbocycles. The van der Waals surface area contributed by atoms with Crippen LogP contribution in [0.15, 0.2) is 0 Å². The largest absolute Gasteiger partial charge is 0.354 e. The van der Waals surface area contributed by atoms with Crippen LogP contribution in [0, 0.1) is 11.8 Å². The van der Waals surface area contributed by atoms with E-state index in [1.54, 1.807) is 0 Å². The van der Waals surface area contributed by atoms with Crippen molar-refractivity contribution in [2.45, 2.75) is 69.5 Å². The van der Waals surface area contributed by atoms with Gasteiger partial charge in [-0.1, -0.05) is 19.3 Å². The zero-order valence-corrected chi connectivity index (χ0v) is 14.7. The van der Waals surface area contributed by atoms with E-state index >= 15 is 0 Å². The van der Waals surface area contributed by atoms with Crippen LogP contribution < -0.4 is 15.4 Å². The average Bonchev–Trinajstić information content (AvgIpc) is 3.09. The molecular formula is C16H29N3O3S. The first-order valence-electron chi connectivity index (χ1n) is 8.93. The molecule has 23 heavy (non-hydrogen) atoms. The molecule has 7 heteroatoms. The lowest BCUT2D eigenvalue weighted by Crippen LogP contribution is -2.46. The molecule has 0 aromatic carbocycles. The predicted molar refractivity (Wildman–Crippen MR) is 89.4 cm³/mol. The van der Waals surface area contributed by atoms with Gasteiger partial charge in [-0.05, 0) is 43.9 Å². The summed E-state index contributed by atoms with van der Waals surface area (Å²) in [5.74, 6) is 0.951. The van der Waals surface area contributed by atoms with Crippen molar-refractivity contribution in [1.29, 1.82) is 0 Å². The molecule has 5 atom stereocenters. The molecule has 3 fully saturated rings. The summed E-state index contributed by atoms with van der Waals surface area (Å²) in [6.07, 6.45) is 9.98. The summed E-state index contributed by atoms with van der Waals surface area (Å²) in [5.41, 5.74) is 0. The number of rotatable bonds is 5. The van der Waals surface area contributed by atoms with Crippen molar-refractivity contribution >= 4 is 15.9 Å². The van der Waals surface area contributed by atoms with Crippen LogP contribution in [0.3, 0.4) is 0 Å². The van der Waals surface area contributed by atoms with Crippen LogP contribution in [-0.4, -0.2) is 45.3 Å². The maximum atomic E-state index is 12.4. The van der Waals surface area contributed by atoms with Crippen LogP contribution in [0.4, 0.5) is 0 Å². The molecule has 1 heterocycles. The molecule has 0 radical (unpaired) electrons. The fourth-order valence-corrected chi connectivity index (χ4v) is 5.45. The van der Waals surface area contributed by atoms with Crippen molar-refractivity contribution in [3.8, 4) is 0 Å². The van der Waals surface area contributed by atoms with Gasteiger partial charge in [-0.3, -0.25) is 4.79 Å². The molecule has 5 unspecified atom stereocenters. The monoisotopic (exact) mass is 343 g/mol. The van der Waals surface area contributed by atoms with E-state index in [1.807, 2.05) is 0 Å². The lowest BCUT2D eigenvalue weighted by Gasteiger charge is -2.24. The average molecular weight is 343 g/mol. The highest BCUT2D eigenvalue weighted by Gasteiger charge is 2.38. The number of sulfonamides is 1. The maximum Gasteiger partial charge on any atom is 0.237 e. The minimum Gasteiger partial charge on any atom is -0.354 e. The third-order valence-corrected chi connectivity index (χ3v) is 6.47. The van der Waals surface area contributed by atoms with Gasteiger partial charge in [0.1, 0.15) is 0 Å². The summed E-state index contributed by atoms with van der Waals surface area (Å²) < 4.78 is 25.5. The summed E-state index contributed by atoms with van der Waals surface area (Å²) in [6, 6.07) is 0.417. The Hall–Kier alpha value is -0.660. The second kappa shape index (κ2) is 7.07. The quantitative estimate of drug-likeness (QED) is 0.687. The summed E-state index contributed by atoms with van der Waals surface area (Å²) in [4.78, 5) is 12.4. The predicted octanol–water partition coefficient (Wildman–Crippen LogP) is 0.741. The molecule has 3 aliphatic rings. The van der Waals surface area contributed by atoms with Crippen molar-refractivity contribution in [3.05, 3.63) is 0 Å². The highest BCUT2D eigenvalue weighted by atomic mass is 32.2. The number of fused-ring (bicyclic) bond motifs is 1. The Kier molecular flexibility index (Phi) is 5.28. The topological polar surface area (TPSA) is 87.3 Å². The molecule has 6 nitrogen and oxygen atoms in total. The molecule has 0 spiro atoms. The van der Waals surface area contributed by atoms with Gasteiger partial charge in [-0.25, -0.2) is 13.1 Å². The first kappa shape index (κ1) is 17.2. The third kappa shape index (κ3) is 4.45. The number of carbonyl (C=O) groups excluding carboxylic acids is 1. The lowest BCUT2D eigenvalue weighted by atomic mass is 9.85. The van der Waals surface area contributed by atoms with E-state index in [9.17, 15) is 13.2 Å². The molecule has 0 bridgehead atoms. The SMILES string of the molecule is CS(=O)(=O)NC1CCCC1CNC(=O)C1CC2CCCCC2N1. The normalized spacial score (nSPS) is 37.5. The minimum absolute atomic E-state index is 0.0376. The molecule has 0 aromatic heterocycles. The molecule has 3 rings (SSSR count). The summed E-state index contributed by atoms with van der Waals surface area (Å²) in [6.45, 7) is 0.569. The second-order valence-electron chi connectivity index (χ2n) is 7.54. The molecule has 1 saturated heterocycles. The Balaban J connectivity index is 1.47. The zero-order valence-electron chi connectivity index (χ0n) is 13.9. The number of hydrogen-bond donors (Lipinski definition) is 3. The van der Waals surface area contributed by atoms with Gasteiger partial charge in [0.25, 0.3) is 0 Å². The van der Waals surface area contributed by atoms with Crippen LogP contribution >= 0.6 is 0 Å². The van der Waals surface area contributed by atoms with Gasteiger partial charge in [-0.2, -0.15) is 0 Å². The highest BCUT2D eigenvalue weighted by molar-refractivity contribution is 7.88. The fourth-order valence-electron chi connectivity index (χ4n) is 4.59. The van der Waals surface area contributed by atoms with Crippen molar-refractivity contribution in [2.24, 2.45) is 11.8 Å². The van der Waals surface area contributed by atoms with Crippen LogP contribution in [0.1, 0.15) is 51.4 Å². The first-order chi connectivity index (χ1) is 10.9. The highest BCUT2D eigenvalue weighted by Crippen LogP contribution is 2.33. The van der Waals surface area contributed by atoms with Crippen LogP contribution in [0.5, 0.6) is 0 Å². The fraction of sp³-hybridized carbons (Fsp3) is 0.938. The van der Waals surface area contributed by atoms with E-state index in [4.69, 9.17) is 0 Å². The van der Waals surface area contributed by atoms with Crippen LogP contribution in [0.2, 0.25) is 0 Å². The molecule has 1 amide bonds. The van der Waals surface area contributed by atoms with Crippen molar-refractivity contribution in [2.75, 3.05) is 12.8 Å². The van der Waals surface area contributed by atoms with E-state index in [0.717, 1.165) is 25.7 Å². The molecule has 132 valence electrons. The van der Waals surface area contributed by atoms with E-state index in [-0.39, 0.29) is 23.9 Å². The molecule has 3 N–H and O–H groups in total. The van der Waals surface area contributed by atoms with Crippen molar-refractivity contribution < 1.29 is 13.2 Å². The Morgan fingerprint density at radius 3 is 2.65 bits per heavy atom. The van der Waals surface area contributed by atoms with Gasteiger partial charge in [0.15, 0.2) is 0 Å². The van der Waals surface area contributed by atoms with Crippen molar-refractivity contribution in [3.63, 3.8) is 0 Å². The maximum absolute atomic E-state index is 12.4. The van der Waals surface area contributed by atoms with Crippen LogP contribution in [-0.2, 0) is 14.8 Å². The Bertz CT molecular complexity index is 523. The molecule has 1 aliphatic heterocycles. The second-order valence-corrected chi connectivity index (χ2v) is 9.32. The number of amides is 1. The minimum atomic E-state index is -3.18. The van der Waals surface area contributed by atoms with E-state index in [1.165, 1.54) is 31.9 Å². The van der Waals surface area contributed by atoms with Gasteiger partial charge in [0.05, 0.1) is 12.3 Å². The molecular weight excluding hydrogens is 314 g/mol. The van der Waals surface area contributed by atoms with E-state index in [0.29, 0.717) is 18.5 Å². The van der Waals surface area contributed by atoms with Gasteiger partial charge in [-0.15, -0.1) is 0 Å². The van der Waals surface area contributed by atoms with Crippen molar-refractivity contribution in [1.82, 2.24) is 15.4 Å². The molecule has 0 aromatic rings.